The summed E-state index contributed by atoms with van der Waals surface area (Å²) in [5.41, 5.74) is 1.92. The average molecular weight is 474 g/mol. The van der Waals surface area contributed by atoms with Crippen LogP contribution in [-0.2, 0) is 0 Å². The van der Waals surface area contributed by atoms with E-state index in [4.69, 9.17) is 0 Å². The summed E-state index contributed by atoms with van der Waals surface area (Å²) in [6, 6.07) is 15.2. The molecule has 0 atom stereocenters. The summed E-state index contributed by atoms with van der Waals surface area (Å²) in [6.07, 6.45) is 8.12. The molecule has 0 aliphatic carbocycles. The van der Waals surface area contributed by atoms with Crippen molar-refractivity contribution < 1.29 is 0 Å². The second kappa shape index (κ2) is 11.1. The van der Waals surface area contributed by atoms with Gasteiger partial charge in [0.15, 0.2) is 0 Å². The van der Waals surface area contributed by atoms with Crippen LogP contribution >= 0.6 is 11.3 Å². The number of hydrogen-bond acceptors (Lipinski definition) is 2. The van der Waals surface area contributed by atoms with E-state index in [-0.39, 0.29) is 0 Å². The monoisotopic (exact) mass is 475 g/mol. The molecule has 1 aromatic heterocycles. The standard InChI is InChI=1S/C11H6NS.3C4H9.Sn/c12-8-9-4-1-2-5-10(9)11-6-3-7-13-11;3*1-3-4-2;/h1-6H;3*1,3-4H2,2H3;. The van der Waals surface area contributed by atoms with Crippen LogP contribution in [-0.4, -0.2) is 18.4 Å². The summed E-state index contributed by atoms with van der Waals surface area (Å²) >= 11 is -0.326. The Balaban J connectivity index is 2.41. The van der Waals surface area contributed by atoms with E-state index in [1.165, 1.54) is 56.7 Å². The van der Waals surface area contributed by atoms with Gasteiger partial charge in [0.05, 0.1) is 0 Å². The summed E-state index contributed by atoms with van der Waals surface area (Å²) in [5, 5.41) is 9.46. The third-order valence-electron chi connectivity index (χ3n) is 5.47. The molecule has 140 valence electrons. The quantitative estimate of drug-likeness (QED) is 0.313. The zero-order chi connectivity index (χ0) is 18.8. The topological polar surface area (TPSA) is 23.8 Å². The molecular formula is C23H33NSSn. The van der Waals surface area contributed by atoms with Crippen LogP contribution in [0.5, 0.6) is 0 Å². The molecule has 0 spiro atoms. The number of nitrogens with zero attached hydrogens (tertiary/aromatic N) is 1. The average Bonchev–Trinajstić information content (AvgIpc) is 3.18. The van der Waals surface area contributed by atoms with Crippen LogP contribution in [0.15, 0.2) is 36.4 Å². The second-order valence-corrected chi connectivity index (χ2v) is 22.7. The number of thiophene rings is 1. The van der Waals surface area contributed by atoms with E-state index in [1.807, 2.05) is 23.5 Å². The Bertz CT molecular complexity index is 691. The number of nitriles is 1. The molecule has 0 aliphatic rings. The molecule has 2 aromatic rings. The van der Waals surface area contributed by atoms with E-state index in [9.17, 15) is 5.26 Å². The van der Waals surface area contributed by atoms with Crippen molar-refractivity contribution in [2.75, 3.05) is 0 Å². The van der Waals surface area contributed by atoms with Crippen molar-refractivity contribution in [2.24, 2.45) is 0 Å². The first kappa shape index (κ1) is 21.5. The van der Waals surface area contributed by atoms with Gasteiger partial charge >= 0.3 is 169 Å². The zero-order valence-corrected chi connectivity index (χ0v) is 20.4. The Morgan fingerprint density at radius 2 is 1.42 bits per heavy atom. The van der Waals surface area contributed by atoms with Crippen LogP contribution in [0, 0.1) is 11.3 Å². The maximum absolute atomic E-state index is 9.46. The molecule has 0 amide bonds. The van der Waals surface area contributed by atoms with Gasteiger partial charge < -0.3 is 0 Å². The Morgan fingerprint density at radius 1 is 0.846 bits per heavy atom. The summed E-state index contributed by atoms with van der Waals surface area (Å²) in [5.74, 6) is 0. The fourth-order valence-corrected chi connectivity index (χ4v) is 24.0. The van der Waals surface area contributed by atoms with Gasteiger partial charge in [0, 0.05) is 0 Å². The van der Waals surface area contributed by atoms with Crippen LogP contribution in [0.2, 0.25) is 13.3 Å². The van der Waals surface area contributed by atoms with E-state index >= 15 is 0 Å². The van der Waals surface area contributed by atoms with Crippen molar-refractivity contribution in [1.82, 2.24) is 0 Å². The van der Waals surface area contributed by atoms with Gasteiger partial charge in [-0.25, -0.2) is 0 Å². The van der Waals surface area contributed by atoms with Crippen LogP contribution < -0.4 is 2.89 Å². The molecule has 3 heteroatoms. The Labute approximate surface area is 168 Å². The first-order valence-electron chi connectivity index (χ1n) is 10.3. The van der Waals surface area contributed by atoms with Gasteiger partial charge in [0.1, 0.15) is 0 Å². The molecule has 0 fully saturated rings. The van der Waals surface area contributed by atoms with Crippen molar-refractivity contribution in [1.29, 1.82) is 5.26 Å². The van der Waals surface area contributed by atoms with Crippen LogP contribution in [0.25, 0.3) is 10.4 Å². The molecule has 0 N–H and O–H groups in total. The van der Waals surface area contributed by atoms with Crippen LogP contribution in [0.4, 0.5) is 0 Å². The summed E-state index contributed by atoms with van der Waals surface area (Å²) < 4.78 is 6.26. The molecule has 0 aliphatic heterocycles. The van der Waals surface area contributed by atoms with E-state index in [0.29, 0.717) is 0 Å². The van der Waals surface area contributed by atoms with Crippen molar-refractivity contribution in [2.45, 2.75) is 72.6 Å². The normalized spacial score (nSPS) is 11.5. The summed E-state index contributed by atoms with van der Waals surface area (Å²) in [7, 11) is 0. The molecule has 0 bridgehead atoms. The van der Waals surface area contributed by atoms with Crippen LogP contribution in [0.1, 0.15) is 64.9 Å². The van der Waals surface area contributed by atoms with Crippen molar-refractivity contribution in [3.05, 3.63) is 42.0 Å². The molecular weight excluding hydrogens is 441 g/mol. The predicted molar refractivity (Wildman–Crippen MR) is 119 cm³/mol. The first-order chi connectivity index (χ1) is 12.7. The van der Waals surface area contributed by atoms with Gasteiger partial charge in [-0.3, -0.25) is 0 Å². The fraction of sp³-hybridized carbons (Fsp3) is 0.522. The van der Waals surface area contributed by atoms with Gasteiger partial charge in [-0.1, -0.05) is 0 Å². The molecule has 1 nitrogen and oxygen atoms in total. The van der Waals surface area contributed by atoms with Crippen molar-refractivity contribution in [3.63, 3.8) is 0 Å². The molecule has 26 heavy (non-hydrogen) atoms. The molecule has 0 saturated heterocycles. The minimum absolute atomic E-state index is 0.803. The van der Waals surface area contributed by atoms with Gasteiger partial charge in [0.2, 0.25) is 0 Å². The van der Waals surface area contributed by atoms with E-state index < -0.39 is 18.4 Å². The zero-order valence-electron chi connectivity index (χ0n) is 16.7. The molecule has 1 aromatic carbocycles. The molecule has 2 rings (SSSR count). The van der Waals surface area contributed by atoms with E-state index in [1.54, 1.807) is 2.89 Å². The summed E-state index contributed by atoms with van der Waals surface area (Å²) in [6.45, 7) is 7.00. The Kier molecular flexibility index (Phi) is 9.22. The molecule has 0 radical (unpaired) electrons. The Hall–Kier alpha value is -0.791. The van der Waals surface area contributed by atoms with Gasteiger partial charge in [0.25, 0.3) is 0 Å². The fourth-order valence-electron chi connectivity index (χ4n) is 3.85. The molecule has 0 unspecified atom stereocenters. The number of hydrogen-bond donors (Lipinski definition) is 0. The first-order valence-corrected chi connectivity index (χ1v) is 18.6. The minimum atomic E-state index is -2.34. The Morgan fingerprint density at radius 3 is 1.96 bits per heavy atom. The van der Waals surface area contributed by atoms with Gasteiger partial charge in [-0.2, -0.15) is 0 Å². The van der Waals surface area contributed by atoms with Crippen molar-refractivity contribution in [3.8, 4) is 16.5 Å². The predicted octanol–water partition coefficient (Wildman–Crippen LogP) is 7.34. The molecule has 0 saturated carbocycles. The maximum atomic E-state index is 9.46. The second-order valence-electron chi connectivity index (χ2n) is 7.41. The number of rotatable bonds is 11. The molecule has 1 heterocycles. The number of unbranched alkanes of at least 4 members (excludes halogenated alkanes) is 3. The third-order valence-corrected chi connectivity index (χ3v) is 24.9. The van der Waals surface area contributed by atoms with Gasteiger partial charge in [-0.15, -0.1) is 0 Å². The van der Waals surface area contributed by atoms with Gasteiger partial charge in [-0.05, 0) is 0 Å². The van der Waals surface area contributed by atoms with E-state index in [2.05, 4.69) is 51.1 Å². The third kappa shape index (κ3) is 5.36. The van der Waals surface area contributed by atoms with Crippen molar-refractivity contribution >= 4 is 32.6 Å². The van der Waals surface area contributed by atoms with Crippen LogP contribution in [0.3, 0.4) is 0 Å². The van der Waals surface area contributed by atoms with E-state index in [0.717, 1.165) is 11.1 Å². The SMILES string of the molecule is CCC[CH2][Sn]([CH2]CCC)([CH2]CCC)[c]1ccc(-c2ccccc2C#N)s1. The summed E-state index contributed by atoms with van der Waals surface area (Å²) in [4.78, 5) is 1.29. The number of benzene rings is 1.